The zero-order chi connectivity index (χ0) is 16.1. The molecule has 2 aliphatic rings. The van der Waals surface area contributed by atoms with E-state index >= 15 is 0 Å². The van der Waals surface area contributed by atoms with Crippen LogP contribution in [0.3, 0.4) is 0 Å². The zero-order valence-electron chi connectivity index (χ0n) is 13.1. The van der Waals surface area contributed by atoms with Gasteiger partial charge in [-0.15, -0.1) is 0 Å². The van der Waals surface area contributed by atoms with Crippen LogP contribution in [0.25, 0.3) is 10.9 Å². The van der Waals surface area contributed by atoms with Crippen LogP contribution in [0.1, 0.15) is 37.1 Å². The highest BCUT2D eigenvalue weighted by atomic mass is 16.4. The van der Waals surface area contributed by atoms with Crippen LogP contribution in [-0.2, 0) is 16.0 Å². The van der Waals surface area contributed by atoms with Crippen molar-refractivity contribution >= 4 is 22.8 Å². The summed E-state index contributed by atoms with van der Waals surface area (Å²) in [4.78, 5) is 29.8. The fraction of sp³-hybridized carbons (Fsp3) is 0.444. The molecule has 3 atom stereocenters. The summed E-state index contributed by atoms with van der Waals surface area (Å²) in [6.45, 7) is 2.58. The van der Waals surface area contributed by atoms with Crippen molar-refractivity contribution in [3.8, 4) is 0 Å². The Labute approximate surface area is 134 Å². The lowest BCUT2D eigenvalue weighted by Gasteiger charge is -2.44. The third kappa shape index (κ3) is 1.99. The molecule has 1 saturated heterocycles. The summed E-state index contributed by atoms with van der Waals surface area (Å²) >= 11 is 0. The molecule has 0 spiro atoms. The third-order valence-corrected chi connectivity index (χ3v) is 5.48. The number of piperidine rings is 1. The Morgan fingerprint density at radius 3 is 2.91 bits per heavy atom. The first-order valence-corrected chi connectivity index (χ1v) is 8.24. The minimum atomic E-state index is -0.854. The van der Waals surface area contributed by atoms with E-state index in [1.54, 1.807) is 0 Å². The molecule has 1 aromatic carbocycles. The smallest absolute Gasteiger partial charge is 0.307 e. The van der Waals surface area contributed by atoms with Gasteiger partial charge in [0.25, 0.3) is 0 Å². The van der Waals surface area contributed by atoms with E-state index in [1.165, 1.54) is 10.9 Å². The van der Waals surface area contributed by atoms with Crippen molar-refractivity contribution in [1.82, 2.24) is 9.88 Å². The normalized spacial score (nSPS) is 26.9. The van der Waals surface area contributed by atoms with Crippen LogP contribution < -0.4 is 0 Å². The van der Waals surface area contributed by atoms with Crippen molar-refractivity contribution in [3.63, 3.8) is 0 Å². The maximum absolute atomic E-state index is 12.8. The number of para-hydroxylation sites is 1. The van der Waals surface area contributed by atoms with E-state index in [0.717, 1.165) is 17.6 Å². The molecule has 2 aromatic rings. The summed E-state index contributed by atoms with van der Waals surface area (Å²) in [5, 5.41) is 10.7. The van der Waals surface area contributed by atoms with E-state index in [-0.39, 0.29) is 11.9 Å². The monoisotopic (exact) mass is 312 g/mol. The summed E-state index contributed by atoms with van der Waals surface area (Å²) in [7, 11) is 0. The van der Waals surface area contributed by atoms with Gasteiger partial charge in [-0.25, -0.2) is 0 Å². The van der Waals surface area contributed by atoms with Gasteiger partial charge in [0.15, 0.2) is 0 Å². The zero-order valence-corrected chi connectivity index (χ0v) is 13.1. The van der Waals surface area contributed by atoms with Crippen LogP contribution >= 0.6 is 0 Å². The Morgan fingerprint density at radius 2 is 2.17 bits per heavy atom. The predicted octanol–water partition coefficient (Wildman–Crippen LogP) is 2.72. The quantitative estimate of drug-likeness (QED) is 0.895. The molecule has 1 aromatic heterocycles. The topological polar surface area (TPSA) is 73.4 Å². The SMILES string of the molecule is CCC1C(=O)N2CCc3c([nH]c4ccccc34)C2CC1C(=O)O. The van der Waals surface area contributed by atoms with Crippen molar-refractivity contribution in [2.24, 2.45) is 11.8 Å². The number of amides is 1. The van der Waals surface area contributed by atoms with E-state index < -0.39 is 17.8 Å². The van der Waals surface area contributed by atoms with Crippen molar-refractivity contribution in [1.29, 1.82) is 0 Å². The van der Waals surface area contributed by atoms with Gasteiger partial charge in [-0.3, -0.25) is 9.59 Å². The van der Waals surface area contributed by atoms with E-state index in [9.17, 15) is 14.7 Å². The largest absolute Gasteiger partial charge is 0.481 e. The Balaban J connectivity index is 1.81. The fourth-order valence-corrected chi connectivity index (χ4v) is 4.35. The molecule has 120 valence electrons. The first kappa shape index (κ1) is 14.3. The number of hydrogen-bond donors (Lipinski definition) is 2. The van der Waals surface area contributed by atoms with Crippen molar-refractivity contribution in [2.75, 3.05) is 6.54 Å². The molecule has 4 rings (SSSR count). The summed E-state index contributed by atoms with van der Waals surface area (Å²) < 4.78 is 0. The van der Waals surface area contributed by atoms with Gasteiger partial charge in [0.1, 0.15) is 0 Å². The maximum Gasteiger partial charge on any atom is 0.307 e. The summed E-state index contributed by atoms with van der Waals surface area (Å²) in [5.74, 6) is -1.84. The molecule has 0 saturated carbocycles. The number of carbonyl (C=O) groups is 2. The van der Waals surface area contributed by atoms with Crippen LogP contribution in [0.15, 0.2) is 24.3 Å². The minimum absolute atomic E-state index is 0.000422. The molecule has 3 heterocycles. The third-order valence-electron chi connectivity index (χ3n) is 5.48. The van der Waals surface area contributed by atoms with Crippen LogP contribution in [0.2, 0.25) is 0 Å². The van der Waals surface area contributed by atoms with Gasteiger partial charge in [-0.05, 0) is 30.9 Å². The maximum atomic E-state index is 12.8. The van der Waals surface area contributed by atoms with Gasteiger partial charge in [-0.2, -0.15) is 0 Å². The molecular weight excluding hydrogens is 292 g/mol. The second-order valence-electron chi connectivity index (χ2n) is 6.56. The highest BCUT2D eigenvalue weighted by Crippen LogP contribution is 2.44. The summed E-state index contributed by atoms with van der Waals surface area (Å²) in [5.41, 5.74) is 3.34. The molecule has 0 bridgehead atoms. The number of nitrogens with zero attached hydrogens (tertiary/aromatic N) is 1. The second-order valence-corrected chi connectivity index (χ2v) is 6.56. The van der Waals surface area contributed by atoms with E-state index in [2.05, 4.69) is 11.1 Å². The van der Waals surface area contributed by atoms with E-state index in [1.807, 2.05) is 30.0 Å². The Bertz CT molecular complexity index is 795. The average molecular weight is 312 g/mol. The molecule has 5 heteroatoms. The number of benzene rings is 1. The van der Waals surface area contributed by atoms with Crippen molar-refractivity contribution in [3.05, 3.63) is 35.5 Å². The molecular formula is C18H20N2O3. The first-order chi connectivity index (χ1) is 11.1. The van der Waals surface area contributed by atoms with E-state index in [4.69, 9.17) is 0 Å². The number of aliphatic carboxylic acids is 1. The Kier molecular flexibility index (Phi) is 3.18. The molecule has 2 aliphatic heterocycles. The molecule has 1 fully saturated rings. The number of fused-ring (bicyclic) bond motifs is 5. The molecule has 5 nitrogen and oxygen atoms in total. The Hall–Kier alpha value is -2.30. The average Bonchev–Trinajstić information content (AvgIpc) is 2.93. The predicted molar refractivity (Wildman–Crippen MR) is 86.0 cm³/mol. The minimum Gasteiger partial charge on any atom is -0.481 e. The molecule has 3 unspecified atom stereocenters. The number of carbonyl (C=O) groups excluding carboxylic acids is 1. The molecule has 0 radical (unpaired) electrons. The number of rotatable bonds is 2. The van der Waals surface area contributed by atoms with Gasteiger partial charge in [0.05, 0.1) is 17.9 Å². The van der Waals surface area contributed by atoms with Gasteiger partial charge in [0, 0.05) is 23.1 Å². The molecule has 23 heavy (non-hydrogen) atoms. The molecule has 0 aliphatic carbocycles. The van der Waals surface area contributed by atoms with Gasteiger partial charge in [-0.1, -0.05) is 25.1 Å². The van der Waals surface area contributed by atoms with Crippen LogP contribution in [-0.4, -0.2) is 33.4 Å². The van der Waals surface area contributed by atoms with Crippen molar-refractivity contribution < 1.29 is 14.7 Å². The highest BCUT2D eigenvalue weighted by molar-refractivity contribution is 5.89. The van der Waals surface area contributed by atoms with Crippen LogP contribution in [0.4, 0.5) is 0 Å². The Morgan fingerprint density at radius 1 is 1.39 bits per heavy atom. The van der Waals surface area contributed by atoms with Crippen LogP contribution in [0.5, 0.6) is 0 Å². The van der Waals surface area contributed by atoms with E-state index in [0.29, 0.717) is 19.4 Å². The number of hydrogen-bond acceptors (Lipinski definition) is 2. The van der Waals surface area contributed by atoms with Crippen LogP contribution in [0, 0.1) is 11.8 Å². The number of aromatic nitrogens is 1. The summed E-state index contributed by atoms with van der Waals surface area (Å²) in [6, 6.07) is 7.99. The number of H-pyrrole nitrogens is 1. The molecule has 2 N–H and O–H groups in total. The standard InChI is InChI=1S/C18H20N2O3/c1-2-10-13(18(22)23)9-15-16-12(7-8-20(15)17(10)21)11-5-3-4-6-14(11)19-16/h3-6,10,13,15,19H,2,7-9H2,1H3,(H,22,23). The molecule has 1 amide bonds. The number of carboxylic acid groups (broad SMARTS) is 1. The first-order valence-electron chi connectivity index (χ1n) is 8.24. The van der Waals surface area contributed by atoms with Crippen molar-refractivity contribution in [2.45, 2.75) is 32.2 Å². The lowest BCUT2D eigenvalue weighted by molar-refractivity contribution is -0.159. The number of aromatic amines is 1. The lowest BCUT2D eigenvalue weighted by atomic mass is 9.77. The highest BCUT2D eigenvalue weighted by Gasteiger charge is 2.47. The second kappa shape index (κ2) is 5.11. The summed E-state index contributed by atoms with van der Waals surface area (Å²) in [6.07, 6.45) is 1.91. The van der Waals surface area contributed by atoms with Gasteiger partial charge >= 0.3 is 5.97 Å². The lowest BCUT2D eigenvalue weighted by Crippen LogP contribution is -2.51. The number of carboxylic acids is 1. The number of nitrogens with one attached hydrogen (secondary N) is 1. The van der Waals surface area contributed by atoms with Gasteiger partial charge in [0.2, 0.25) is 5.91 Å². The van der Waals surface area contributed by atoms with Gasteiger partial charge < -0.3 is 15.0 Å². The fourth-order valence-electron chi connectivity index (χ4n) is 4.35.